The maximum Gasteiger partial charge on any atom is 0.0602 e. The average Bonchev–Trinajstić information content (AvgIpc) is 2.98. The lowest BCUT2D eigenvalue weighted by Crippen LogP contribution is -2.23. The van der Waals surface area contributed by atoms with Crippen LogP contribution in [0.5, 0.6) is 0 Å². The molecule has 2 aromatic carbocycles. The Morgan fingerprint density at radius 1 is 1.05 bits per heavy atom. The summed E-state index contributed by atoms with van der Waals surface area (Å²) in [4.78, 5) is 0. The summed E-state index contributed by atoms with van der Waals surface area (Å²) in [5.74, 6) is 0. The third-order valence-corrected chi connectivity index (χ3v) is 5.34. The molecule has 1 unspecified atom stereocenters. The number of benzene rings is 2. The van der Waals surface area contributed by atoms with Gasteiger partial charge in [-0.15, -0.1) is 11.3 Å². The van der Waals surface area contributed by atoms with Crippen LogP contribution in [0.3, 0.4) is 0 Å². The Labute approximate surface area is 138 Å². The van der Waals surface area contributed by atoms with Crippen molar-refractivity contribution >= 4 is 37.4 Å². The van der Waals surface area contributed by atoms with Crippen molar-refractivity contribution in [3.05, 3.63) is 69.5 Å². The van der Waals surface area contributed by atoms with Crippen molar-refractivity contribution in [1.29, 1.82) is 0 Å². The molecule has 3 heteroatoms. The minimum atomic E-state index is 0.225. The first-order chi connectivity index (χ1) is 10.3. The van der Waals surface area contributed by atoms with Gasteiger partial charge in [-0.2, -0.15) is 0 Å². The van der Waals surface area contributed by atoms with Gasteiger partial charge < -0.3 is 5.32 Å². The Hall–Kier alpha value is -1.16. The van der Waals surface area contributed by atoms with Gasteiger partial charge in [0.25, 0.3) is 0 Å². The minimum Gasteiger partial charge on any atom is -0.306 e. The van der Waals surface area contributed by atoms with Gasteiger partial charge in [-0.05, 0) is 47.0 Å². The molecule has 0 aliphatic heterocycles. The quantitative estimate of drug-likeness (QED) is 0.611. The Balaban J connectivity index is 2.11. The molecule has 1 N–H and O–H groups in total. The first-order valence-electron chi connectivity index (χ1n) is 7.25. The van der Waals surface area contributed by atoms with Crippen LogP contribution in [0.1, 0.15) is 30.5 Å². The normalized spacial score (nSPS) is 12.7. The zero-order chi connectivity index (χ0) is 14.7. The van der Waals surface area contributed by atoms with Crippen molar-refractivity contribution in [1.82, 2.24) is 5.32 Å². The summed E-state index contributed by atoms with van der Waals surface area (Å²) in [5, 5.41) is 7.20. The summed E-state index contributed by atoms with van der Waals surface area (Å²) in [7, 11) is 0. The van der Waals surface area contributed by atoms with E-state index in [1.165, 1.54) is 21.2 Å². The van der Waals surface area contributed by atoms with Crippen molar-refractivity contribution < 1.29 is 0 Å². The van der Waals surface area contributed by atoms with Crippen LogP contribution in [0, 0.1) is 0 Å². The van der Waals surface area contributed by atoms with Crippen LogP contribution < -0.4 is 5.32 Å². The van der Waals surface area contributed by atoms with Crippen LogP contribution in [0.25, 0.3) is 10.1 Å². The maximum absolute atomic E-state index is 3.70. The van der Waals surface area contributed by atoms with Crippen LogP contribution in [0.2, 0.25) is 0 Å². The standard InChI is InChI=1S/C18H18BrNS/c1-2-11-20-17(14-7-3-4-9-16(14)19)15-8-5-6-13-10-12-21-18(13)15/h3-10,12,17,20H,2,11H2,1H3. The van der Waals surface area contributed by atoms with Gasteiger partial charge in [-0.1, -0.05) is 59.3 Å². The predicted molar refractivity (Wildman–Crippen MR) is 96.1 cm³/mol. The van der Waals surface area contributed by atoms with E-state index in [0.717, 1.165) is 17.4 Å². The molecule has 1 nitrogen and oxygen atoms in total. The molecular weight excluding hydrogens is 342 g/mol. The predicted octanol–water partition coefficient (Wildman–Crippen LogP) is 5.75. The SMILES string of the molecule is CCCNC(c1ccccc1Br)c1cccc2ccsc12. The van der Waals surface area contributed by atoms with E-state index in [-0.39, 0.29) is 6.04 Å². The second-order valence-corrected chi connectivity index (χ2v) is 6.87. The molecule has 1 atom stereocenters. The van der Waals surface area contributed by atoms with Gasteiger partial charge in [0.15, 0.2) is 0 Å². The Morgan fingerprint density at radius 3 is 2.67 bits per heavy atom. The van der Waals surface area contributed by atoms with Gasteiger partial charge in [-0.3, -0.25) is 0 Å². The van der Waals surface area contributed by atoms with Crippen LogP contribution in [-0.4, -0.2) is 6.54 Å². The molecule has 0 saturated heterocycles. The van der Waals surface area contributed by atoms with Crippen LogP contribution >= 0.6 is 27.3 Å². The van der Waals surface area contributed by atoms with E-state index in [1.807, 2.05) is 11.3 Å². The number of fused-ring (bicyclic) bond motifs is 1. The van der Waals surface area contributed by atoms with Gasteiger partial charge in [0, 0.05) is 9.17 Å². The number of rotatable bonds is 5. The molecule has 0 bridgehead atoms. The highest BCUT2D eigenvalue weighted by atomic mass is 79.9. The van der Waals surface area contributed by atoms with Crippen LogP contribution in [0.4, 0.5) is 0 Å². The fourth-order valence-corrected chi connectivity index (χ4v) is 4.09. The summed E-state index contributed by atoms with van der Waals surface area (Å²) in [6.45, 7) is 3.21. The van der Waals surface area contributed by atoms with Crippen molar-refractivity contribution in [3.63, 3.8) is 0 Å². The van der Waals surface area contributed by atoms with E-state index in [0.29, 0.717) is 0 Å². The molecular formula is C18H18BrNS. The lowest BCUT2D eigenvalue weighted by Gasteiger charge is -2.21. The van der Waals surface area contributed by atoms with Gasteiger partial charge in [0.05, 0.1) is 6.04 Å². The molecule has 0 fully saturated rings. The first-order valence-corrected chi connectivity index (χ1v) is 8.92. The van der Waals surface area contributed by atoms with Crippen LogP contribution in [0.15, 0.2) is 58.4 Å². The third-order valence-electron chi connectivity index (χ3n) is 3.64. The fourth-order valence-electron chi connectivity index (χ4n) is 2.63. The van der Waals surface area contributed by atoms with Gasteiger partial charge in [0.1, 0.15) is 0 Å². The molecule has 0 saturated carbocycles. The highest BCUT2D eigenvalue weighted by Gasteiger charge is 2.18. The number of hydrogen-bond acceptors (Lipinski definition) is 2. The average molecular weight is 360 g/mol. The van der Waals surface area contributed by atoms with E-state index in [9.17, 15) is 0 Å². The van der Waals surface area contributed by atoms with Crippen LogP contribution in [-0.2, 0) is 0 Å². The van der Waals surface area contributed by atoms with Crippen molar-refractivity contribution in [2.75, 3.05) is 6.54 Å². The fraction of sp³-hybridized carbons (Fsp3) is 0.222. The molecule has 3 aromatic rings. The molecule has 108 valence electrons. The van der Waals surface area contributed by atoms with E-state index < -0.39 is 0 Å². The molecule has 0 spiro atoms. The molecule has 1 aromatic heterocycles. The van der Waals surface area contributed by atoms with E-state index in [1.54, 1.807) is 0 Å². The molecule has 0 amide bonds. The third kappa shape index (κ3) is 3.05. The zero-order valence-electron chi connectivity index (χ0n) is 12.0. The Morgan fingerprint density at radius 2 is 1.86 bits per heavy atom. The van der Waals surface area contributed by atoms with Crippen molar-refractivity contribution in [3.8, 4) is 0 Å². The summed E-state index contributed by atoms with van der Waals surface area (Å²) in [5.41, 5.74) is 2.66. The first kappa shape index (κ1) is 14.8. The van der Waals surface area contributed by atoms with E-state index >= 15 is 0 Å². The molecule has 21 heavy (non-hydrogen) atoms. The molecule has 1 heterocycles. The summed E-state index contributed by atoms with van der Waals surface area (Å²) in [6, 6.07) is 17.5. The van der Waals surface area contributed by atoms with Gasteiger partial charge in [0.2, 0.25) is 0 Å². The Bertz CT molecular complexity index is 735. The number of thiophene rings is 1. The van der Waals surface area contributed by atoms with Crippen molar-refractivity contribution in [2.45, 2.75) is 19.4 Å². The Kier molecular flexibility index (Phi) is 4.73. The summed E-state index contributed by atoms with van der Waals surface area (Å²) >= 11 is 5.53. The lowest BCUT2D eigenvalue weighted by atomic mass is 9.97. The maximum atomic E-state index is 3.70. The van der Waals surface area contributed by atoms with Gasteiger partial charge >= 0.3 is 0 Å². The minimum absolute atomic E-state index is 0.225. The monoisotopic (exact) mass is 359 g/mol. The highest BCUT2D eigenvalue weighted by Crippen LogP contribution is 2.35. The molecule has 0 radical (unpaired) electrons. The molecule has 3 rings (SSSR count). The second kappa shape index (κ2) is 6.73. The smallest absolute Gasteiger partial charge is 0.0602 e. The van der Waals surface area contributed by atoms with E-state index in [4.69, 9.17) is 0 Å². The van der Waals surface area contributed by atoms with E-state index in [2.05, 4.69) is 82.1 Å². The molecule has 0 aliphatic rings. The largest absolute Gasteiger partial charge is 0.306 e. The number of halogens is 1. The highest BCUT2D eigenvalue weighted by molar-refractivity contribution is 9.10. The summed E-state index contributed by atoms with van der Waals surface area (Å²) in [6.07, 6.45) is 1.13. The summed E-state index contributed by atoms with van der Waals surface area (Å²) < 4.78 is 2.54. The molecule has 0 aliphatic carbocycles. The number of nitrogens with one attached hydrogen (secondary N) is 1. The zero-order valence-corrected chi connectivity index (χ0v) is 14.4. The number of hydrogen-bond donors (Lipinski definition) is 1. The van der Waals surface area contributed by atoms with Gasteiger partial charge in [-0.25, -0.2) is 0 Å². The topological polar surface area (TPSA) is 12.0 Å². The second-order valence-electron chi connectivity index (χ2n) is 5.09. The lowest BCUT2D eigenvalue weighted by molar-refractivity contribution is 0.600. The van der Waals surface area contributed by atoms with Crippen molar-refractivity contribution in [2.24, 2.45) is 0 Å².